The Morgan fingerprint density at radius 1 is 1.06 bits per heavy atom. The largest absolute Gasteiger partial charge is 0.497 e. The van der Waals surface area contributed by atoms with Crippen LogP contribution in [0.15, 0.2) is 60.7 Å². The Hall–Kier alpha value is -3.38. The minimum absolute atomic E-state index is 0.482. The lowest BCUT2D eigenvalue weighted by molar-refractivity contribution is 0.0636. The van der Waals surface area contributed by atoms with Crippen LogP contribution in [0.5, 0.6) is 5.75 Å². The molecule has 0 spiro atoms. The van der Waals surface area contributed by atoms with E-state index in [1.54, 1.807) is 7.11 Å². The highest BCUT2D eigenvalue weighted by Gasteiger charge is 2.25. The molecule has 0 saturated carbocycles. The molecule has 1 amide bonds. The highest BCUT2D eigenvalue weighted by molar-refractivity contribution is 5.90. The fourth-order valence-electron chi connectivity index (χ4n) is 3.80. The molecule has 1 aromatic heterocycles. The van der Waals surface area contributed by atoms with Crippen LogP contribution in [0.1, 0.15) is 37.6 Å². The number of nitrogens with zero attached hydrogens (tertiary/aromatic N) is 2. The van der Waals surface area contributed by atoms with E-state index in [0.717, 1.165) is 47.9 Å². The number of methoxy groups -OCH3 is 1. The van der Waals surface area contributed by atoms with Gasteiger partial charge in [-0.05, 0) is 50.1 Å². The van der Waals surface area contributed by atoms with Gasteiger partial charge >= 0.3 is 6.09 Å². The fraction of sp³-hybridized carbons (Fsp3) is 0.308. The number of carbonyl (C=O) groups is 1. The van der Waals surface area contributed by atoms with Crippen molar-refractivity contribution >= 4 is 11.8 Å². The predicted molar refractivity (Wildman–Crippen MR) is 125 cm³/mol. The molecule has 6 nitrogen and oxygen atoms in total. The van der Waals surface area contributed by atoms with Crippen LogP contribution in [0.3, 0.4) is 0 Å². The zero-order valence-corrected chi connectivity index (χ0v) is 19.0. The van der Waals surface area contributed by atoms with Gasteiger partial charge in [0.2, 0.25) is 0 Å². The number of hydrogen-bond donors (Lipinski definition) is 1. The molecule has 0 aliphatic carbocycles. The quantitative estimate of drug-likeness (QED) is 0.568. The third-order valence-corrected chi connectivity index (χ3v) is 5.21. The summed E-state index contributed by atoms with van der Waals surface area (Å²) >= 11 is 0. The van der Waals surface area contributed by atoms with Crippen LogP contribution in [-0.4, -0.2) is 28.7 Å². The first-order chi connectivity index (χ1) is 15.3. The first-order valence-electron chi connectivity index (χ1n) is 10.7. The van der Waals surface area contributed by atoms with E-state index in [1.807, 2.05) is 69.3 Å². The van der Waals surface area contributed by atoms with Crippen LogP contribution >= 0.6 is 0 Å². The SMILES string of the molecule is COc1ccc(CN2Cc3cc(NC(=O)OC(C)(C)C)c(-c4ccccc4)nc3C2)cc1. The van der Waals surface area contributed by atoms with Crippen LogP contribution < -0.4 is 10.1 Å². The number of aromatic nitrogens is 1. The van der Waals surface area contributed by atoms with E-state index in [0.29, 0.717) is 5.69 Å². The zero-order chi connectivity index (χ0) is 22.7. The molecule has 3 aromatic rings. The summed E-state index contributed by atoms with van der Waals surface area (Å²) in [4.78, 5) is 19.8. The maximum absolute atomic E-state index is 12.5. The molecule has 0 radical (unpaired) electrons. The molecule has 4 rings (SSSR count). The van der Waals surface area contributed by atoms with Gasteiger partial charge in [-0.3, -0.25) is 10.2 Å². The minimum atomic E-state index is -0.573. The van der Waals surface area contributed by atoms with Crippen molar-refractivity contribution in [3.63, 3.8) is 0 Å². The Bertz CT molecular complexity index is 1090. The third-order valence-electron chi connectivity index (χ3n) is 5.21. The van der Waals surface area contributed by atoms with Crippen LogP contribution in [-0.2, 0) is 24.4 Å². The van der Waals surface area contributed by atoms with Gasteiger partial charge in [-0.15, -0.1) is 0 Å². The summed E-state index contributed by atoms with van der Waals surface area (Å²) in [5, 5.41) is 2.92. The number of amides is 1. The maximum atomic E-state index is 12.5. The van der Waals surface area contributed by atoms with E-state index in [4.69, 9.17) is 14.5 Å². The second kappa shape index (κ2) is 9.01. The van der Waals surface area contributed by atoms with Gasteiger partial charge in [-0.2, -0.15) is 0 Å². The number of benzene rings is 2. The first kappa shape index (κ1) is 21.8. The lowest BCUT2D eigenvalue weighted by Crippen LogP contribution is -2.27. The Morgan fingerprint density at radius 2 is 1.78 bits per heavy atom. The molecule has 1 aliphatic heterocycles. The van der Waals surface area contributed by atoms with Crippen LogP contribution in [0.4, 0.5) is 10.5 Å². The van der Waals surface area contributed by atoms with E-state index >= 15 is 0 Å². The van der Waals surface area contributed by atoms with Crippen molar-refractivity contribution in [3.8, 4) is 17.0 Å². The van der Waals surface area contributed by atoms with Crippen molar-refractivity contribution in [1.29, 1.82) is 0 Å². The van der Waals surface area contributed by atoms with Gasteiger partial charge in [0.15, 0.2) is 0 Å². The van der Waals surface area contributed by atoms with E-state index in [9.17, 15) is 4.79 Å². The van der Waals surface area contributed by atoms with E-state index in [-0.39, 0.29) is 0 Å². The summed E-state index contributed by atoms with van der Waals surface area (Å²) in [6.07, 6.45) is -0.482. The predicted octanol–water partition coefficient (Wildman–Crippen LogP) is 5.62. The van der Waals surface area contributed by atoms with Gasteiger partial charge in [-0.1, -0.05) is 42.5 Å². The van der Waals surface area contributed by atoms with Crippen molar-refractivity contribution in [3.05, 3.63) is 77.5 Å². The van der Waals surface area contributed by atoms with Crippen molar-refractivity contribution < 1.29 is 14.3 Å². The molecule has 166 valence electrons. The Labute approximate surface area is 189 Å². The van der Waals surface area contributed by atoms with Gasteiger partial charge in [0.1, 0.15) is 11.4 Å². The van der Waals surface area contributed by atoms with Crippen molar-refractivity contribution in [1.82, 2.24) is 9.88 Å². The summed E-state index contributed by atoms with van der Waals surface area (Å²) in [7, 11) is 1.67. The summed E-state index contributed by atoms with van der Waals surface area (Å²) in [5.41, 5.74) is 5.16. The number of rotatable bonds is 5. The molecule has 0 atom stereocenters. The van der Waals surface area contributed by atoms with Crippen molar-refractivity contribution in [2.24, 2.45) is 0 Å². The number of fused-ring (bicyclic) bond motifs is 1. The standard InChI is InChI=1S/C26H29N3O3/c1-26(2,3)32-25(30)28-22-14-20-16-29(15-18-10-12-21(31-4)13-11-18)17-23(20)27-24(22)19-8-6-5-7-9-19/h5-14H,15-17H2,1-4H3,(H,28,30). The molecule has 0 saturated heterocycles. The van der Waals surface area contributed by atoms with Crippen LogP contribution in [0, 0.1) is 0 Å². The summed E-state index contributed by atoms with van der Waals surface area (Å²) in [6, 6.07) is 20.1. The molecule has 1 aliphatic rings. The van der Waals surface area contributed by atoms with E-state index in [2.05, 4.69) is 22.3 Å². The highest BCUT2D eigenvalue weighted by atomic mass is 16.6. The molecule has 32 heavy (non-hydrogen) atoms. The molecule has 1 N–H and O–H groups in total. The number of nitrogens with one attached hydrogen (secondary N) is 1. The topological polar surface area (TPSA) is 63.7 Å². The highest BCUT2D eigenvalue weighted by Crippen LogP contribution is 2.33. The Balaban J connectivity index is 1.59. The average Bonchev–Trinajstić information content (AvgIpc) is 3.14. The molecule has 2 aromatic carbocycles. The molecule has 0 bridgehead atoms. The minimum Gasteiger partial charge on any atom is -0.497 e. The Morgan fingerprint density at radius 3 is 2.44 bits per heavy atom. The molecule has 6 heteroatoms. The lowest BCUT2D eigenvalue weighted by Gasteiger charge is -2.20. The summed E-state index contributed by atoms with van der Waals surface area (Å²) in [5.74, 6) is 0.852. The molecular formula is C26H29N3O3. The summed E-state index contributed by atoms with van der Waals surface area (Å²) < 4.78 is 10.7. The molecule has 2 heterocycles. The second-order valence-electron chi connectivity index (χ2n) is 8.98. The average molecular weight is 432 g/mol. The first-order valence-corrected chi connectivity index (χ1v) is 10.7. The van der Waals surface area contributed by atoms with Crippen LogP contribution in [0.25, 0.3) is 11.3 Å². The van der Waals surface area contributed by atoms with E-state index in [1.165, 1.54) is 5.56 Å². The number of anilines is 1. The molecular weight excluding hydrogens is 402 g/mol. The van der Waals surface area contributed by atoms with Gasteiger partial charge in [0, 0.05) is 25.2 Å². The number of carbonyl (C=O) groups excluding carboxylic acids is 1. The number of hydrogen-bond acceptors (Lipinski definition) is 5. The number of ether oxygens (including phenoxy) is 2. The second-order valence-corrected chi connectivity index (χ2v) is 8.98. The van der Waals surface area contributed by atoms with Gasteiger partial charge in [-0.25, -0.2) is 9.78 Å². The van der Waals surface area contributed by atoms with Crippen LogP contribution in [0.2, 0.25) is 0 Å². The smallest absolute Gasteiger partial charge is 0.412 e. The van der Waals surface area contributed by atoms with Gasteiger partial charge < -0.3 is 9.47 Å². The Kier molecular flexibility index (Phi) is 6.15. The number of pyridine rings is 1. The van der Waals surface area contributed by atoms with Crippen molar-refractivity contribution in [2.75, 3.05) is 12.4 Å². The normalized spacial score (nSPS) is 13.5. The van der Waals surface area contributed by atoms with Gasteiger partial charge in [0.05, 0.1) is 24.2 Å². The van der Waals surface area contributed by atoms with E-state index < -0.39 is 11.7 Å². The maximum Gasteiger partial charge on any atom is 0.412 e. The van der Waals surface area contributed by atoms with Gasteiger partial charge in [0.25, 0.3) is 0 Å². The molecule has 0 fully saturated rings. The third kappa shape index (κ3) is 5.26. The molecule has 0 unspecified atom stereocenters. The fourth-order valence-corrected chi connectivity index (χ4v) is 3.80. The monoisotopic (exact) mass is 431 g/mol. The zero-order valence-electron chi connectivity index (χ0n) is 19.0. The lowest BCUT2D eigenvalue weighted by atomic mass is 10.1. The summed E-state index contributed by atoms with van der Waals surface area (Å²) in [6.45, 7) is 7.89. The van der Waals surface area contributed by atoms with Crippen molar-refractivity contribution in [2.45, 2.75) is 46.0 Å².